The maximum Gasteiger partial charge on any atom is 0.139 e. The molecule has 0 saturated heterocycles. The van der Waals surface area contributed by atoms with Crippen molar-refractivity contribution in [3.05, 3.63) is 0 Å². The summed E-state index contributed by atoms with van der Waals surface area (Å²) >= 11 is 0. The molecule has 3 atom stereocenters. The summed E-state index contributed by atoms with van der Waals surface area (Å²) in [6.45, 7) is 5.62. The minimum Gasteiger partial charge on any atom is -0.391 e. The molecule has 1 unspecified atom stereocenters. The van der Waals surface area contributed by atoms with E-state index in [1.165, 1.54) is 0 Å². The van der Waals surface area contributed by atoms with Crippen LogP contribution in [0.4, 0.5) is 0 Å². The molecule has 0 amide bonds. The molecule has 66 valence electrons. The quantitative estimate of drug-likeness (QED) is 0.568. The molecule has 0 aliphatic heterocycles. The molecule has 0 radical (unpaired) electrons. The first-order valence-corrected chi connectivity index (χ1v) is 4.01. The zero-order chi connectivity index (χ0) is 8.85. The van der Waals surface area contributed by atoms with E-state index >= 15 is 0 Å². The monoisotopic (exact) mass is 159 g/mol. The van der Waals surface area contributed by atoms with Crippen LogP contribution in [0, 0.1) is 0 Å². The van der Waals surface area contributed by atoms with Crippen molar-refractivity contribution in [3.8, 4) is 0 Å². The summed E-state index contributed by atoms with van der Waals surface area (Å²) in [6.07, 6.45) is 1.09. The van der Waals surface area contributed by atoms with E-state index in [0.717, 1.165) is 12.7 Å². The summed E-state index contributed by atoms with van der Waals surface area (Å²) in [7, 11) is 0. The molecule has 2 N–H and O–H groups in total. The Bertz CT molecular complexity index is 115. The van der Waals surface area contributed by atoms with E-state index in [0.29, 0.717) is 0 Å². The highest BCUT2D eigenvalue weighted by Gasteiger charge is 2.14. The van der Waals surface area contributed by atoms with Crippen LogP contribution in [0.2, 0.25) is 0 Å². The van der Waals surface area contributed by atoms with Gasteiger partial charge in [0.05, 0.1) is 12.1 Å². The van der Waals surface area contributed by atoms with E-state index in [1.54, 1.807) is 6.92 Å². The van der Waals surface area contributed by atoms with Crippen LogP contribution in [-0.2, 0) is 4.79 Å². The topological polar surface area (TPSA) is 49.3 Å². The lowest BCUT2D eigenvalue weighted by atomic mass is 10.1. The van der Waals surface area contributed by atoms with Crippen molar-refractivity contribution < 1.29 is 9.90 Å². The Kier molecular flexibility index (Phi) is 5.07. The first kappa shape index (κ1) is 10.6. The second-order valence-electron chi connectivity index (χ2n) is 2.88. The molecule has 0 rings (SSSR count). The van der Waals surface area contributed by atoms with Gasteiger partial charge >= 0.3 is 0 Å². The smallest absolute Gasteiger partial charge is 0.139 e. The third-order valence-electron chi connectivity index (χ3n) is 1.76. The van der Waals surface area contributed by atoms with Gasteiger partial charge in [0.25, 0.3) is 0 Å². The predicted octanol–water partition coefficient (Wildman–Crippen LogP) is 0.323. The zero-order valence-electron chi connectivity index (χ0n) is 7.37. The number of carbonyl (C=O) groups excluding carboxylic acids is 1. The van der Waals surface area contributed by atoms with Gasteiger partial charge in [-0.1, -0.05) is 6.92 Å². The minimum atomic E-state index is -0.610. The number of aldehydes is 1. The standard InChI is InChI=1S/C8H17NO2/c1-4-6(2)9-8(5-10)7(3)11/h5-9,11H,4H2,1-3H3/t6?,7-,8-/m1/s1. The van der Waals surface area contributed by atoms with Crippen LogP contribution in [0.15, 0.2) is 0 Å². The van der Waals surface area contributed by atoms with Crippen LogP contribution in [0.1, 0.15) is 27.2 Å². The first-order valence-electron chi connectivity index (χ1n) is 4.01. The number of hydrogen-bond acceptors (Lipinski definition) is 3. The van der Waals surface area contributed by atoms with E-state index in [1.807, 2.05) is 13.8 Å². The molecule has 0 fully saturated rings. The molecular formula is C8H17NO2. The summed E-state index contributed by atoms with van der Waals surface area (Å²) in [5.74, 6) is 0. The normalized spacial score (nSPS) is 18.9. The van der Waals surface area contributed by atoms with Crippen molar-refractivity contribution in [2.24, 2.45) is 0 Å². The van der Waals surface area contributed by atoms with Gasteiger partial charge in [-0.3, -0.25) is 0 Å². The first-order chi connectivity index (χ1) is 5.11. The Morgan fingerprint density at radius 3 is 2.36 bits per heavy atom. The Hall–Kier alpha value is -0.410. The van der Waals surface area contributed by atoms with Gasteiger partial charge in [0.1, 0.15) is 6.29 Å². The minimum absolute atomic E-state index is 0.278. The number of nitrogens with one attached hydrogen (secondary N) is 1. The van der Waals surface area contributed by atoms with E-state index in [4.69, 9.17) is 5.11 Å². The Morgan fingerprint density at radius 2 is 2.09 bits per heavy atom. The molecule has 0 aliphatic carbocycles. The largest absolute Gasteiger partial charge is 0.391 e. The Labute approximate surface area is 67.8 Å². The van der Waals surface area contributed by atoms with Crippen molar-refractivity contribution in [1.29, 1.82) is 0 Å². The summed E-state index contributed by atoms with van der Waals surface area (Å²) in [4.78, 5) is 10.4. The number of aliphatic hydroxyl groups excluding tert-OH is 1. The maximum absolute atomic E-state index is 10.4. The van der Waals surface area contributed by atoms with Crippen molar-refractivity contribution in [3.63, 3.8) is 0 Å². The summed E-state index contributed by atoms with van der Waals surface area (Å²) < 4.78 is 0. The van der Waals surface area contributed by atoms with E-state index < -0.39 is 12.1 Å². The van der Waals surface area contributed by atoms with Crippen LogP contribution in [-0.4, -0.2) is 29.6 Å². The average Bonchev–Trinajstić information content (AvgIpc) is 1.99. The molecule has 0 aromatic heterocycles. The maximum atomic E-state index is 10.4. The molecular weight excluding hydrogens is 142 g/mol. The second kappa shape index (κ2) is 5.27. The highest BCUT2D eigenvalue weighted by molar-refractivity contribution is 5.58. The molecule has 0 saturated carbocycles. The van der Waals surface area contributed by atoms with Gasteiger partial charge in [0.2, 0.25) is 0 Å². The molecule has 0 aromatic rings. The second-order valence-corrected chi connectivity index (χ2v) is 2.88. The fourth-order valence-corrected chi connectivity index (χ4v) is 0.739. The predicted molar refractivity (Wildman–Crippen MR) is 44.4 cm³/mol. The van der Waals surface area contributed by atoms with Crippen molar-refractivity contribution in [1.82, 2.24) is 5.32 Å². The number of hydrogen-bond donors (Lipinski definition) is 2. The van der Waals surface area contributed by atoms with Gasteiger partial charge in [-0.15, -0.1) is 0 Å². The summed E-state index contributed by atoms with van der Waals surface area (Å²) in [5.41, 5.74) is 0. The molecule has 3 nitrogen and oxygen atoms in total. The molecule has 11 heavy (non-hydrogen) atoms. The van der Waals surface area contributed by atoms with Crippen LogP contribution in [0.3, 0.4) is 0 Å². The van der Waals surface area contributed by atoms with Gasteiger partial charge in [-0.05, 0) is 20.3 Å². The van der Waals surface area contributed by atoms with E-state index in [-0.39, 0.29) is 6.04 Å². The summed E-state index contributed by atoms with van der Waals surface area (Å²) in [5, 5.41) is 12.1. The van der Waals surface area contributed by atoms with Crippen LogP contribution in [0.25, 0.3) is 0 Å². The molecule has 0 aliphatic rings. The lowest BCUT2D eigenvalue weighted by Crippen LogP contribution is -2.44. The van der Waals surface area contributed by atoms with E-state index in [9.17, 15) is 4.79 Å². The van der Waals surface area contributed by atoms with Gasteiger partial charge in [0.15, 0.2) is 0 Å². The number of rotatable bonds is 5. The van der Waals surface area contributed by atoms with Gasteiger partial charge in [-0.25, -0.2) is 0 Å². The van der Waals surface area contributed by atoms with Crippen LogP contribution < -0.4 is 5.32 Å². The lowest BCUT2D eigenvalue weighted by Gasteiger charge is -2.19. The van der Waals surface area contributed by atoms with Gasteiger partial charge in [0, 0.05) is 6.04 Å². The molecule has 0 aromatic carbocycles. The molecule has 3 heteroatoms. The SMILES string of the molecule is CCC(C)N[C@H](C=O)[C@@H](C)O. The molecule has 0 spiro atoms. The zero-order valence-corrected chi connectivity index (χ0v) is 7.37. The lowest BCUT2D eigenvalue weighted by molar-refractivity contribution is -0.111. The highest BCUT2D eigenvalue weighted by atomic mass is 16.3. The third-order valence-corrected chi connectivity index (χ3v) is 1.76. The summed E-state index contributed by atoms with van der Waals surface area (Å²) in [6, 6.07) is -0.148. The molecule has 0 heterocycles. The van der Waals surface area contributed by atoms with Gasteiger partial charge < -0.3 is 15.2 Å². The van der Waals surface area contributed by atoms with E-state index in [2.05, 4.69) is 5.32 Å². The average molecular weight is 159 g/mol. The van der Waals surface area contributed by atoms with Gasteiger partial charge in [-0.2, -0.15) is 0 Å². The Morgan fingerprint density at radius 1 is 1.55 bits per heavy atom. The Balaban J connectivity index is 3.77. The highest BCUT2D eigenvalue weighted by Crippen LogP contribution is 1.94. The van der Waals surface area contributed by atoms with Crippen molar-refractivity contribution >= 4 is 6.29 Å². The molecule has 0 bridgehead atoms. The number of carbonyl (C=O) groups is 1. The van der Waals surface area contributed by atoms with Crippen LogP contribution >= 0.6 is 0 Å². The van der Waals surface area contributed by atoms with Crippen molar-refractivity contribution in [2.75, 3.05) is 0 Å². The number of aliphatic hydroxyl groups is 1. The fourth-order valence-electron chi connectivity index (χ4n) is 0.739. The van der Waals surface area contributed by atoms with Crippen LogP contribution in [0.5, 0.6) is 0 Å². The fraction of sp³-hybridized carbons (Fsp3) is 0.875. The van der Waals surface area contributed by atoms with Crippen molar-refractivity contribution in [2.45, 2.75) is 45.4 Å². The third kappa shape index (κ3) is 4.11.